The Morgan fingerprint density at radius 1 is 1.19 bits per heavy atom. The van der Waals surface area contributed by atoms with E-state index >= 15 is 0 Å². The lowest BCUT2D eigenvalue weighted by atomic mass is 10.0. The highest BCUT2D eigenvalue weighted by molar-refractivity contribution is 5.98. The van der Waals surface area contributed by atoms with Gasteiger partial charge in [0, 0.05) is 12.2 Å². The molecule has 0 aromatic heterocycles. The minimum atomic E-state index is -0.727. The standard InChI is InChI=1S/C19H27N3O4/c1-12(2)16(21-19(25)26-4)18(24)22-11-5-6-15(22)17(23)20-14-9-7-13(3)8-10-14/h7-10,12,15-16H,5-6,11H2,1-4H3,(H,20,23)(H,21,25)/t15-,16-/m0/s1. The number of anilines is 1. The number of carbonyl (C=O) groups excluding carboxylic acids is 3. The molecule has 1 fully saturated rings. The molecule has 0 spiro atoms. The van der Waals surface area contributed by atoms with Crippen molar-refractivity contribution in [3.05, 3.63) is 29.8 Å². The number of likely N-dealkylation sites (tertiary alicyclic amines) is 1. The van der Waals surface area contributed by atoms with E-state index in [0.717, 1.165) is 12.0 Å². The summed E-state index contributed by atoms with van der Waals surface area (Å²) in [4.78, 5) is 38.7. The fourth-order valence-corrected chi connectivity index (χ4v) is 3.04. The van der Waals surface area contributed by atoms with Gasteiger partial charge in [0.2, 0.25) is 11.8 Å². The molecule has 1 heterocycles. The Morgan fingerprint density at radius 3 is 2.42 bits per heavy atom. The third-order valence-electron chi connectivity index (χ3n) is 4.55. The summed E-state index contributed by atoms with van der Waals surface area (Å²) in [5, 5.41) is 5.45. The maximum atomic E-state index is 12.9. The van der Waals surface area contributed by atoms with E-state index in [1.165, 1.54) is 7.11 Å². The number of hydrogen-bond acceptors (Lipinski definition) is 4. The summed E-state index contributed by atoms with van der Waals surface area (Å²) in [6.45, 7) is 6.16. The number of methoxy groups -OCH3 is 1. The molecule has 1 aromatic rings. The second-order valence-corrected chi connectivity index (χ2v) is 6.90. The lowest BCUT2D eigenvalue weighted by molar-refractivity contribution is -0.139. The van der Waals surface area contributed by atoms with Crippen LogP contribution in [0, 0.1) is 12.8 Å². The van der Waals surface area contributed by atoms with E-state index in [1.54, 1.807) is 4.90 Å². The summed E-state index contributed by atoms with van der Waals surface area (Å²) in [5.41, 5.74) is 1.81. The van der Waals surface area contributed by atoms with E-state index in [4.69, 9.17) is 0 Å². The largest absolute Gasteiger partial charge is 0.453 e. The van der Waals surface area contributed by atoms with Crippen LogP contribution in [0.15, 0.2) is 24.3 Å². The number of amides is 3. The number of carbonyl (C=O) groups is 3. The minimum absolute atomic E-state index is 0.122. The number of hydrogen-bond donors (Lipinski definition) is 2. The first-order valence-electron chi connectivity index (χ1n) is 8.86. The molecule has 2 atom stereocenters. The van der Waals surface area contributed by atoms with E-state index in [1.807, 2.05) is 45.0 Å². The number of benzene rings is 1. The van der Waals surface area contributed by atoms with Gasteiger partial charge in [0.25, 0.3) is 0 Å². The molecule has 0 bridgehead atoms. The molecule has 0 saturated carbocycles. The Balaban J connectivity index is 2.09. The first-order chi connectivity index (χ1) is 12.3. The van der Waals surface area contributed by atoms with Crippen LogP contribution in [0.1, 0.15) is 32.3 Å². The third kappa shape index (κ3) is 4.74. The topological polar surface area (TPSA) is 87.7 Å². The molecule has 142 valence electrons. The summed E-state index contributed by atoms with van der Waals surface area (Å²) in [5.74, 6) is -0.588. The van der Waals surface area contributed by atoms with Crippen molar-refractivity contribution < 1.29 is 19.1 Å². The molecule has 2 rings (SSSR count). The molecule has 0 aliphatic carbocycles. The van der Waals surface area contributed by atoms with Crippen LogP contribution in [0.25, 0.3) is 0 Å². The predicted octanol–water partition coefficient (Wildman–Crippen LogP) is 2.31. The third-order valence-corrected chi connectivity index (χ3v) is 4.55. The second-order valence-electron chi connectivity index (χ2n) is 6.90. The van der Waals surface area contributed by atoms with Crippen molar-refractivity contribution in [3.8, 4) is 0 Å². The molecular formula is C19H27N3O4. The summed E-state index contributed by atoms with van der Waals surface area (Å²) in [6.07, 6.45) is 0.699. The number of nitrogens with zero attached hydrogens (tertiary/aromatic N) is 1. The Kier molecular flexibility index (Phi) is 6.60. The lowest BCUT2D eigenvalue weighted by Crippen LogP contribution is -2.54. The van der Waals surface area contributed by atoms with Crippen molar-refractivity contribution in [1.29, 1.82) is 0 Å². The number of rotatable bonds is 5. The highest BCUT2D eigenvalue weighted by atomic mass is 16.5. The molecule has 0 radical (unpaired) electrons. The number of alkyl carbamates (subject to hydrolysis) is 1. The van der Waals surface area contributed by atoms with E-state index in [-0.39, 0.29) is 17.7 Å². The van der Waals surface area contributed by atoms with Crippen LogP contribution < -0.4 is 10.6 Å². The van der Waals surface area contributed by atoms with Crippen LogP contribution in [0.2, 0.25) is 0 Å². The van der Waals surface area contributed by atoms with Crippen LogP contribution in [0.5, 0.6) is 0 Å². The Hall–Kier alpha value is -2.57. The lowest BCUT2D eigenvalue weighted by Gasteiger charge is -2.30. The maximum absolute atomic E-state index is 12.9. The van der Waals surface area contributed by atoms with Gasteiger partial charge < -0.3 is 20.3 Å². The zero-order valence-corrected chi connectivity index (χ0v) is 15.7. The average molecular weight is 361 g/mol. The van der Waals surface area contributed by atoms with Crippen molar-refractivity contribution in [2.75, 3.05) is 19.0 Å². The average Bonchev–Trinajstić information content (AvgIpc) is 3.10. The molecule has 3 amide bonds. The molecule has 7 heteroatoms. The molecule has 0 unspecified atom stereocenters. The SMILES string of the molecule is COC(=O)N[C@H](C(=O)N1CCC[C@H]1C(=O)Nc1ccc(C)cc1)C(C)C. The molecule has 1 aliphatic heterocycles. The zero-order valence-electron chi connectivity index (χ0n) is 15.7. The van der Waals surface area contributed by atoms with Gasteiger partial charge in [-0.2, -0.15) is 0 Å². The van der Waals surface area contributed by atoms with Crippen molar-refractivity contribution in [3.63, 3.8) is 0 Å². The van der Waals surface area contributed by atoms with Gasteiger partial charge in [-0.1, -0.05) is 31.5 Å². The Bertz CT molecular complexity index is 657. The number of ether oxygens (including phenoxy) is 1. The van der Waals surface area contributed by atoms with Gasteiger partial charge in [-0.05, 0) is 37.8 Å². The van der Waals surface area contributed by atoms with Gasteiger partial charge in [-0.25, -0.2) is 4.79 Å². The van der Waals surface area contributed by atoms with E-state index in [0.29, 0.717) is 18.7 Å². The molecular weight excluding hydrogens is 334 g/mol. The number of aryl methyl sites for hydroxylation is 1. The van der Waals surface area contributed by atoms with Gasteiger partial charge in [0.05, 0.1) is 7.11 Å². The van der Waals surface area contributed by atoms with Crippen molar-refractivity contribution in [2.45, 2.75) is 45.7 Å². The summed E-state index contributed by atoms with van der Waals surface area (Å²) in [7, 11) is 1.25. The molecule has 1 aromatic carbocycles. The van der Waals surface area contributed by atoms with Crippen molar-refractivity contribution >= 4 is 23.6 Å². The van der Waals surface area contributed by atoms with Gasteiger partial charge in [-0.3, -0.25) is 9.59 Å². The quantitative estimate of drug-likeness (QED) is 0.842. The summed E-state index contributed by atoms with van der Waals surface area (Å²) in [6, 6.07) is 6.25. The fourth-order valence-electron chi connectivity index (χ4n) is 3.04. The Morgan fingerprint density at radius 2 is 1.85 bits per heavy atom. The monoisotopic (exact) mass is 361 g/mol. The second kappa shape index (κ2) is 8.69. The van der Waals surface area contributed by atoms with Crippen LogP contribution in [0.3, 0.4) is 0 Å². The summed E-state index contributed by atoms with van der Waals surface area (Å²) < 4.78 is 4.61. The van der Waals surface area contributed by atoms with Crippen molar-refractivity contribution in [1.82, 2.24) is 10.2 Å². The highest BCUT2D eigenvalue weighted by Crippen LogP contribution is 2.22. The van der Waals surface area contributed by atoms with Crippen LogP contribution in [-0.2, 0) is 14.3 Å². The van der Waals surface area contributed by atoms with Crippen LogP contribution in [0.4, 0.5) is 10.5 Å². The smallest absolute Gasteiger partial charge is 0.407 e. The van der Waals surface area contributed by atoms with Crippen LogP contribution >= 0.6 is 0 Å². The van der Waals surface area contributed by atoms with Gasteiger partial charge in [0.1, 0.15) is 12.1 Å². The Labute approximate surface area is 154 Å². The molecule has 26 heavy (non-hydrogen) atoms. The first-order valence-corrected chi connectivity index (χ1v) is 8.86. The van der Waals surface area contributed by atoms with E-state index in [2.05, 4.69) is 15.4 Å². The number of nitrogens with one attached hydrogen (secondary N) is 2. The maximum Gasteiger partial charge on any atom is 0.407 e. The molecule has 7 nitrogen and oxygen atoms in total. The fraction of sp³-hybridized carbons (Fsp3) is 0.526. The zero-order chi connectivity index (χ0) is 19.3. The molecule has 1 aliphatic rings. The normalized spacial score (nSPS) is 17.7. The molecule has 1 saturated heterocycles. The van der Waals surface area contributed by atoms with Crippen molar-refractivity contribution in [2.24, 2.45) is 5.92 Å². The molecule has 2 N–H and O–H groups in total. The van der Waals surface area contributed by atoms with E-state index < -0.39 is 18.2 Å². The minimum Gasteiger partial charge on any atom is -0.453 e. The summed E-state index contributed by atoms with van der Waals surface area (Å²) >= 11 is 0. The van der Waals surface area contributed by atoms with Gasteiger partial charge in [-0.15, -0.1) is 0 Å². The van der Waals surface area contributed by atoms with E-state index in [9.17, 15) is 14.4 Å². The van der Waals surface area contributed by atoms with Gasteiger partial charge >= 0.3 is 6.09 Å². The highest BCUT2D eigenvalue weighted by Gasteiger charge is 2.38. The van der Waals surface area contributed by atoms with Gasteiger partial charge in [0.15, 0.2) is 0 Å². The first kappa shape index (κ1) is 19.8. The van der Waals surface area contributed by atoms with Crippen LogP contribution in [-0.4, -0.2) is 48.5 Å². The predicted molar refractivity (Wildman–Crippen MR) is 98.7 cm³/mol.